The number of nitrogens with two attached hydrogens (primary N) is 1. The number of hydrogen-bond acceptors (Lipinski definition) is 6. The van der Waals surface area contributed by atoms with Gasteiger partial charge in [0.25, 0.3) is 0 Å². The van der Waals surface area contributed by atoms with Crippen molar-refractivity contribution in [2.24, 2.45) is 17.3 Å². The monoisotopic (exact) mass is 276 g/mol. The minimum atomic E-state index is 0.201. The first-order valence-corrected chi connectivity index (χ1v) is 7.28. The number of piperidine rings is 1. The highest BCUT2D eigenvalue weighted by atomic mass is 15.2. The minimum absolute atomic E-state index is 0.201. The molecule has 0 amide bonds. The molecule has 2 heterocycles. The average Bonchev–Trinajstić information content (AvgIpc) is 2.80. The van der Waals surface area contributed by atoms with Gasteiger partial charge in [-0.25, -0.2) is 0 Å². The van der Waals surface area contributed by atoms with Gasteiger partial charge in [0.05, 0.1) is 0 Å². The maximum Gasteiger partial charge on any atom is 0.223 e. The summed E-state index contributed by atoms with van der Waals surface area (Å²) in [7, 11) is 0. The van der Waals surface area contributed by atoms with E-state index in [2.05, 4.69) is 46.7 Å². The van der Waals surface area contributed by atoms with Crippen LogP contribution < -0.4 is 21.7 Å². The summed E-state index contributed by atoms with van der Waals surface area (Å²) in [6.07, 6.45) is 0. The van der Waals surface area contributed by atoms with E-state index in [0.29, 0.717) is 12.0 Å². The largest absolute Gasteiger partial charge is 0.369 e. The highest BCUT2D eigenvalue weighted by Gasteiger charge is 2.53. The van der Waals surface area contributed by atoms with Crippen LogP contribution in [0.25, 0.3) is 0 Å². The van der Waals surface area contributed by atoms with Gasteiger partial charge < -0.3 is 21.7 Å². The van der Waals surface area contributed by atoms with Crippen molar-refractivity contribution in [3.8, 4) is 0 Å². The number of nitrogens with one attached hydrogen (secondary N) is 3. The molecule has 0 unspecified atom stereocenters. The van der Waals surface area contributed by atoms with Gasteiger partial charge in [0.1, 0.15) is 11.6 Å². The van der Waals surface area contributed by atoms with Gasteiger partial charge in [0.2, 0.25) is 5.95 Å². The molecule has 1 aromatic heterocycles. The molecular formula is C14H24N6. The highest BCUT2D eigenvalue weighted by molar-refractivity contribution is 5.52. The van der Waals surface area contributed by atoms with Crippen molar-refractivity contribution in [3.05, 3.63) is 6.07 Å². The lowest BCUT2D eigenvalue weighted by molar-refractivity contribution is 0.442. The zero-order valence-electron chi connectivity index (χ0n) is 12.4. The number of anilines is 3. The third-order valence-electron chi connectivity index (χ3n) is 3.95. The normalized spacial score (nSPS) is 28.1. The summed E-state index contributed by atoms with van der Waals surface area (Å²) in [5.74, 6) is 3.43. The van der Waals surface area contributed by atoms with Crippen LogP contribution in [0, 0.1) is 17.3 Å². The summed E-state index contributed by atoms with van der Waals surface area (Å²) in [5, 5.41) is 10.2. The van der Waals surface area contributed by atoms with Crippen molar-refractivity contribution < 1.29 is 0 Å². The van der Waals surface area contributed by atoms with Gasteiger partial charge in [0, 0.05) is 31.7 Å². The molecule has 0 radical (unpaired) electrons. The quantitative estimate of drug-likeness (QED) is 0.660. The van der Waals surface area contributed by atoms with Crippen molar-refractivity contribution >= 4 is 17.6 Å². The molecule has 2 aliphatic rings. The molecule has 0 spiro atoms. The van der Waals surface area contributed by atoms with E-state index in [-0.39, 0.29) is 5.41 Å². The number of rotatable bonds is 4. The molecule has 3 rings (SSSR count). The summed E-state index contributed by atoms with van der Waals surface area (Å²) in [6.45, 7) is 9.61. The number of nitrogen functional groups attached to an aromatic ring is 1. The number of hydrogen-bond donors (Lipinski definition) is 4. The lowest BCUT2D eigenvalue weighted by Crippen LogP contribution is -2.22. The fourth-order valence-electron chi connectivity index (χ4n) is 2.79. The van der Waals surface area contributed by atoms with Gasteiger partial charge in [0.15, 0.2) is 0 Å². The van der Waals surface area contributed by atoms with Crippen molar-refractivity contribution in [1.29, 1.82) is 0 Å². The molecule has 6 nitrogen and oxygen atoms in total. The van der Waals surface area contributed by atoms with Gasteiger partial charge in [-0.1, -0.05) is 20.8 Å². The summed E-state index contributed by atoms with van der Waals surface area (Å²) in [5.41, 5.74) is 6.00. The molecule has 1 aromatic rings. The Morgan fingerprint density at radius 2 is 1.90 bits per heavy atom. The molecule has 6 heteroatoms. The van der Waals surface area contributed by atoms with Gasteiger partial charge in [-0.15, -0.1) is 0 Å². The molecule has 1 saturated heterocycles. The Kier molecular flexibility index (Phi) is 3.20. The van der Waals surface area contributed by atoms with Crippen molar-refractivity contribution in [3.63, 3.8) is 0 Å². The van der Waals surface area contributed by atoms with E-state index in [0.717, 1.165) is 43.1 Å². The van der Waals surface area contributed by atoms with E-state index in [1.54, 1.807) is 0 Å². The van der Waals surface area contributed by atoms with Gasteiger partial charge in [-0.3, -0.25) is 0 Å². The van der Waals surface area contributed by atoms with Crippen LogP contribution in [0.3, 0.4) is 0 Å². The lowest BCUT2D eigenvalue weighted by atomic mass is 9.97. The Morgan fingerprint density at radius 1 is 1.25 bits per heavy atom. The SMILES string of the molecule is CC(C)(C)CNc1cc(N[C@@H]2[C@@H]3CNC[C@@H]32)nc(N)n1. The Labute approximate surface area is 119 Å². The van der Waals surface area contributed by atoms with E-state index in [9.17, 15) is 0 Å². The fourth-order valence-corrected chi connectivity index (χ4v) is 2.79. The fraction of sp³-hybridized carbons (Fsp3) is 0.714. The van der Waals surface area contributed by atoms with Gasteiger partial charge in [-0.05, 0) is 17.3 Å². The molecule has 0 bridgehead atoms. The third-order valence-corrected chi connectivity index (χ3v) is 3.95. The van der Waals surface area contributed by atoms with Gasteiger partial charge >= 0.3 is 0 Å². The zero-order chi connectivity index (χ0) is 14.3. The topological polar surface area (TPSA) is 87.9 Å². The van der Waals surface area contributed by atoms with E-state index in [1.165, 1.54) is 0 Å². The second-order valence-corrected chi connectivity index (χ2v) is 7.07. The summed E-state index contributed by atoms with van der Waals surface area (Å²) in [6, 6.07) is 2.49. The second-order valence-electron chi connectivity index (χ2n) is 7.07. The Hall–Kier alpha value is -1.56. The van der Waals surface area contributed by atoms with Crippen LogP contribution in [0.2, 0.25) is 0 Å². The van der Waals surface area contributed by atoms with Crippen molar-refractivity contribution in [2.75, 3.05) is 36.0 Å². The van der Waals surface area contributed by atoms with Crippen LogP contribution in [0.5, 0.6) is 0 Å². The van der Waals surface area contributed by atoms with Crippen LogP contribution >= 0.6 is 0 Å². The van der Waals surface area contributed by atoms with Crippen LogP contribution in [0.1, 0.15) is 20.8 Å². The first-order chi connectivity index (χ1) is 9.42. The minimum Gasteiger partial charge on any atom is -0.369 e. The van der Waals surface area contributed by atoms with Crippen LogP contribution in [-0.4, -0.2) is 35.6 Å². The number of aromatic nitrogens is 2. The first-order valence-electron chi connectivity index (χ1n) is 7.28. The van der Waals surface area contributed by atoms with E-state index < -0.39 is 0 Å². The standard InChI is InChI=1S/C14H24N6/c1-14(2,3)7-17-10-4-11(20-13(15)19-10)18-12-8-5-16-6-9(8)12/h4,8-9,12,16H,5-7H2,1-3H3,(H4,15,17,18,19,20)/t8-,9+,12-. The Balaban J connectivity index is 1.64. The summed E-state index contributed by atoms with van der Waals surface area (Å²) < 4.78 is 0. The number of fused-ring (bicyclic) bond motifs is 1. The smallest absolute Gasteiger partial charge is 0.223 e. The predicted octanol–water partition coefficient (Wildman–Crippen LogP) is 1.15. The molecule has 5 N–H and O–H groups in total. The van der Waals surface area contributed by atoms with Crippen molar-refractivity contribution in [2.45, 2.75) is 26.8 Å². The van der Waals surface area contributed by atoms with E-state index >= 15 is 0 Å². The summed E-state index contributed by atoms with van der Waals surface area (Å²) >= 11 is 0. The molecular weight excluding hydrogens is 252 g/mol. The maximum absolute atomic E-state index is 5.80. The van der Waals surface area contributed by atoms with E-state index in [4.69, 9.17) is 5.73 Å². The maximum atomic E-state index is 5.80. The Morgan fingerprint density at radius 3 is 2.55 bits per heavy atom. The second kappa shape index (κ2) is 4.77. The average molecular weight is 276 g/mol. The predicted molar refractivity (Wildman–Crippen MR) is 81.6 cm³/mol. The molecule has 3 atom stereocenters. The lowest BCUT2D eigenvalue weighted by Gasteiger charge is -2.19. The molecule has 2 fully saturated rings. The molecule has 0 aromatic carbocycles. The zero-order valence-corrected chi connectivity index (χ0v) is 12.4. The first kappa shape index (κ1) is 13.4. The highest BCUT2D eigenvalue weighted by Crippen LogP contribution is 2.43. The van der Waals surface area contributed by atoms with Crippen LogP contribution in [0.4, 0.5) is 17.6 Å². The number of nitrogens with zero attached hydrogens (tertiary/aromatic N) is 2. The van der Waals surface area contributed by atoms with Gasteiger partial charge in [-0.2, -0.15) is 9.97 Å². The van der Waals surface area contributed by atoms with Crippen LogP contribution in [-0.2, 0) is 0 Å². The molecule has 1 saturated carbocycles. The molecule has 110 valence electrons. The Bertz CT molecular complexity index is 485. The molecule has 1 aliphatic carbocycles. The third kappa shape index (κ3) is 2.95. The van der Waals surface area contributed by atoms with E-state index in [1.807, 2.05) is 6.07 Å². The summed E-state index contributed by atoms with van der Waals surface area (Å²) in [4.78, 5) is 8.52. The van der Waals surface area contributed by atoms with Crippen LogP contribution in [0.15, 0.2) is 6.07 Å². The molecule has 20 heavy (non-hydrogen) atoms. The molecule has 1 aliphatic heterocycles. The van der Waals surface area contributed by atoms with Crippen molar-refractivity contribution in [1.82, 2.24) is 15.3 Å².